The third-order valence-electron chi connectivity index (χ3n) is 2.52. The number of carbonyl (C=O) groups excluding carboxylic acids is 1. The Morgan fingerprint density at radius 1 is 1.53 bits per heavy atom. The molecule has 0 N–H and O–H groups in total. The Labute approximate surface area is 99.7 Å². The monoisotopic (exact) mass is 249 g/mol. The van der Waals surface area contributed by atoms with Crippen molar-refractivity contribution in [2.24, 2.45) is 0 Å². The van der Waals surface area contributed by atoms with Crippen molar-refractivity contribution >= 4 is 27.5 Å². The summed E-state index contributed by atoms with van der Waals surface area (Å²) in [4.78, 5) is 16.2. The molecule has 1 heterocycles. The van der Waals surface area contributed by atoms with Gasteiger partial charge in [0.25, 0.3) is 0 Å². The van der Waals surface area contributed by atoms with Crippen LogP contribution in [-0.2, 0) is 9.63 Å². The fraction of sp³-hybridized carbons (Fsp3) is 0.900. The molecule has 0 aromatic heterocycles. The number of unbranched alkanes of at least 4 members (excludes halogenated alkanes) is 1. The minimum Gasteiger partial charge on any atom is -0.275 e. The lowest BCUT2D eigenvalue weighted by molar-refractivity contribution is -0.168. The predicted molar refractivity (Wildman–Crippen MR) is 66.7 cm³/mol. The highest BCUT2D eigenvalue weighted by Crippen LogP contribution is 2.39. The normalized spacial score (nSPS) is 20.5. The number of hydrogen-bond donors (Lipinski definition) is 0. The van der Waals surface area contributed by atoms with Crippen LogP contribution < -0.4 is 0 Å². The highest BCUT2D eigenvalue weighted by molar-refractivity contribution is 8.77. The van der Waals surface area contributed by atoms with E-state index in [1.54, 1.807) is 7.05 Å². The van der Waals surface area contributed by atoms with Crippen molar-refractivity contribution in [2.45, 2.75) is 37.4 Å². The Morgan fingerprint density at radius 2 is 2.33 bits per heavy atom. The van der Waals surface area contributed by atoms with E-state index >= 15 is 0 Å². The van der Waals surface area contributed by atoms with E-state index in [1.807, 2.05) is 21.6 Å². The second-order valence-electron chi connectivity index (χ2n) is 3.65. The van der Waals surface area contributed by atoms with Gasteiger partial charge in [-0.3, -0.25) is 9.63 Å². The van der Waals surface area contributed by atoms with E-state index in [-0.39, 0.29) is 5.91 Å². The van der Waals surface area contributed by atoms with Crippen LogP contribution in [0.15, 0.2) is 0 Å². The molecule has 3 nitrogen and oxygen atoms in total. The summed E-state index contributed by atoms with van der Waals surface area (Å²) in [6.45, 7) is 0. The zero-order valence-corrected chi connectivity index (χ0v) is 11.0. The molecule has 15 heavy (non-hydrogen) atoms. The van der Waals surface area contributed by atoms with Gasteiger partial charge < -0.3 is 0 Å². The largest absolute Gasteiger partial charge is 0.275 e. The van der Waals surface area contributed by atoms with E-state index in [9.17, 15) is 4.79 Å². The average Bonchev–Trinajstić information content (AvgIpc) is 2.75. The Hall–Kier alpha value is 0.130. The minimum atomic E-state index is 0.0750. The van der Waals surface area contributed by atoms with Crippen LogP contribution in [0.2, 0.25) is 0 Å². The van der Waals surface area contributed by atoms with Gasteiger partial charge in [-0.05, 0) is 19.3 Å². The van der Waals surface area contributed by atoms with Crippen molar-refractivity contribution in [1.82, 2.24) is 5.06 Å². The van der Waals surface area contributed by atoms with Crippen LogP contribution in [0.1, 0.15) is 32.1 Å². The zero-order chi connectivity index (χ0) is 11.1. The second kappa shape index (κ2) is 7.41. The molecule has 0 spiro atoms. The van der Waals surface area contributed by atoms with Crippen molar-refractivity contribution in [2.75, 3.05) is 19.9 Å². The van der Waals surface area contributed by atoms with E-state index in [2.05, 4.69) is 0 Å². The third kappa shape index (κ3) is 5.13. The van der Waals surface area contributed by atoms with Crippen LogP contribution in [0, 0.1) is 0 Å². The highest BCUT2D eigenvalue weighted by Gasteiger charge is 2.16. The molecule has 0 aromatic carbocycles. The fourth-order valence-electron chi connectivity index (χ4n) is 1.47. The van der Waals surface area contributed by atoms with Crippen LogP contribution in [0.5, 0.6) is 0 Å². The summed E-state index contributed by atoms with van der Waals surface area (Å²) >= 11 is 0. The summed E-state index contributed by atoms with van der Waals surface area (Å²) < 4.78 is 0. The number of nitrogens with zero attached hydrogens (tertiary/aromatic N) is 1. The van der Waals surface area contributed by atoms with Crippen molar-refractivity contribution in [3.05, 3.63) is 0 Å². The predicted octanol–water partition coefficient (Wildman–Crippen LogP) is 2.72. The molecule has 1 fully saturated rings. The summed E-state index contributed by atoms with van der Waals surface area (Å²) in [5, 5.41) is 2.13. The van der Waals surface area contributed by atoms with Crippen molar-refractivity contribution < 1.29 is 9.63 Å². The van der Waals surface area contributed by atoms with Gasteiger partial charge in [0.2, 0.25) is 5.91 Å². The van der Waals surface area contributed by atoms with Gasteiger partial charge in [0, 0.05) is 24.5 Å². The first-order valence-corrected chi connectivity index (χ1v) is 7.71. The molecular formula is C10H19NO2S2. The Balaban J connectivity index is 1.98. The van der Waals surface area contributed by atoms with Gasteiger partial charge in [-0.25, -0.2) is 5.06 Å². The maximum Gasteiger partial charge on any atom is 0.245 e. The molecule has 5 heteroatoms. The van der Waals surface area contributed by atoms with Crippen LogP contribution >= 0.6 is 21.6 Å². The summed E-state index contributed by atoms with van der Waals surface area (Å²) in [7, 11) is 7.16. The molecule has 1 aliphatic rings. The highest BCUT2D eigenvalue weighted by atomic mass is 33.1. The molecule has 0 bridgehead atoms. The van der Waals surface area contributed by atoms with Gasteiger partial charge in [-0.2, -0.15) is 0 Å². The van der Waals surface area contributed by atoms with Crippen LogP contribution in [0.25, 0.3) is 0 Å². The van der Waals surface area contributed by atoms with Gasteiger partial charge in [-0.1, -0.05) is 28.0 Å². The first-order chi connectivity index (χ1) is 7.24. The van der Waals surface area contributed by atoms with Crippen LogP contribution in [0.3, 0.4) is 0 Å². The lowest BCUT2D eigenvalue weighted by Gasteiger charge is -2.13. The summed E-state index contributed by atoms with van der Waals surface area (Å²) in [6, 6.07) is 0. The molecule has 1 saturated heterocycles. The molecule has 88 valence electrons. The Morgan fingerprint density at radius 3 is 2.93 bits per heavy atom. The van der Waals surface area contributed by atoms with E-state index < -0.39 is 0 Å². The standard InChI is InChI=1S/C10H19NO2S2/c1-11(13-2)10(12)6-4-3-5-9-7-8-14-15-9/h9H,3-8H2,1-2H3/t9-/m0/s1. The molecule has 0 saturated carbocycles. The Bertz CT molecular complexity index is 196. The number of hydrogen-bond acceptors (Lipinski definition) is 4. The van der Waals surface area contributed by atoms with Crippen LogP contribution in [0.4, 0.5) is 0 Å². The minimum absolute atomic E-state index is 0.0750. The zero-order valence-electron chi connectivity index (χ0n) is 9.40. The first-order valence-electron chi connectivity index (χ1n) is 5.33. The van der Waals surface area contributed by atoms with E-state index in [0.717, 1.165) is 18.1 Å². The van der Waals surface area contributed by atoms with Crippen molar-refractivity contribution in [1.29, 1.82) is 0 Å². The number of amides is 1. The first kappa shape index (κ1) is 13.2. The molecule has 1 amide bonds. The molecule has 0 unspecified atom stereocenters. The topological polar surface area (TPSA) is 29.5 Å². The summed E-state index contributed by atoms with van der Waals surface area (Å²) in [6.07, 6.45) is 5.33. The molecule has 1 rings (SSSR count). The lowest BCUT2D eigenvalue weighted by atomic mass is 10.1. The fourth-order valence-corrected chi connectivity index (χ4v) is 4.50. The maximum atomic E-state index is 11.4. The number of carbonyl (C=O) groups is 1. The third-order valence-corrected chi connectivity index (χ3v) is 5.53. The molecule has 1 atom stereocenters. The van der Waals surface area contributed by atoms with Gasteiger partial charge in [-0.15, -0.1) is 0 Å². The molecule has 0 aliphatic carbocycles. The van der Waals surface area contributed by atoms with E-state index in [0.29, 0.717) is 6.42 Å². The molecular weight excluding hydrogens is 230 g/mol. The van der Waals surface area contributed by atoms with Crippen LogP contribution in [-0.4, -0.2) is 36.1 Å². The second-order valence-corrected chi connectivity index (χ2v) is 6.44. The van der Waals surface area contributed by atoms with Crippen molar-refractivity contribution in [3.63, 3.8) is 0 Å². The van der Waals surface area contributed by atoms with Gasteiger partial charge in [0.1, 0.15) is 0 Å². The molecule has 0 radical (unpaired) electrons. The summed E-state index contributed by atoms with van der Waals surface area (Å²) in [5.74, 6) is 1.37. The quantitative estimate of drug-likeness (QED) is 0.411. The van der Waals surface area contributed by atoms with Gasteiger partial charge in [0.05, 0.1) is 7.11 Å². The Kier molecular flexibility index (Phi) is 6.52. The van der Waals surface area contributed by atoms with Gasteiger partial charge >= 0.3 is 0 Å². The number of rotatable bonds is 6. The average molecular weight is 249 g/mol. The van der Waals surface area contributed by atoms with Crippen molar-refractivity contribution in [3.8, 4) is 0 Å². The van der Waals surface area contributed by atoms with E-state index in [4.69, 9.17) is 4.84 Å². The lowest BCUT2D eigenvalue weighted by Crippen LogP contribution is -2.24. The SMILES string of the molecule is CON(C)C(=O)CCCC[C@H]1CCSS1. The summed E-state index contributed by atoms with van der Waals surface area (Å²) in [5.41, 5.74) is 0. The molecule has 1 aliphatic heterocycles. The molecule has 0 aromatic rings. The number of hydroxylamine groups is 2. The smallest absolute Gasteiger partial charge is 0.245 e. The van der Waals surface area contributed by atoms with E-state index in [1.165, 1.54) is 30.8 Å². The van der Waals surface area contributed by atoms with Gasteiger partial charge in [0.15, 0.2) is 0 Å². The maximum absolute atomic E-state index is 11.4.